The third-order valence-electron chi connectivity index (χ3n) is 2.53. The van der Waals surface area contributed by atoms with Gasteiger partial charge < -0.3 is 9.64 Å². The Balaban J connectivity index is 2.09. The average Bonchev–Trinajstić information content (AvgIpc) is 2.77. The maximum Gasteiger partial charge on any atom is 0.198 e. The summed E-state index contributed by atoms with van der Waals surface area (Å²) in [4.78, 5) is 10.8. The van der Waals surface area contributed by atoms with Gasteiger partial charge in [-0.15, -0.1) is 0 Å². The minimum atomic E-state index is 0.731. The molecule has 0 amide bonds. The molecule has 3 rings (SSSR count). The first kappa shape index (κ1) is 9.98. The van der Waals surface area contributed by atoms with Crippen LogP contribution in [0.1, 0.15) is 0 Å². The average molecular weight is 284 g/mol. The summed E-state index contributed by atoms with van der Waals surface area (Å²) in [5.74, 6) is 0.857. The number of hydrogen-bond acceptors (Lipinski definition) is 5. The molecule has 7 heteroatoms. The van der Waals surface area contributed by atoms with Crippen LogP contribution in [0.15, 0.2) is 17.1 Å². The van der Waals surface area contributed by atoms with Gasteiger partial charge in [0.15, 0.2) is 11.5 Å². The molecule has 84 valence electrons. The molecule has 16 heavy (non-hydrogen) atoms. The number of ether oxygens (including phenoxy) is 1. The van der Waals surface area contributed by atoms with Crippen molar-refractivity contribution in [2.45, 2.75) is 0 Å². The van der Waals surface area contributed by atoms with Gasteiger partial charge in [-0.3, -0.25) is 0 Å². The molecule has 0 bridgehead atoms. The molecular formula is C9H10BrN5O. The standard InChI is InChI=1S/C9H10BrN5O/c10-7-5-15-8(11-6-12-15)9(13-7)14-1-3-16-4-2-14/h5-6H,1-4H2. The fourth-order valence-electron chi connectivity index (χ4n) is 1.77. The van der Waals surface area contributed by atoms with Gasteiger partial charge in [0.25, 0.3) is 0 Å². The first-order valence-electron chi connectivity index (χ1n) is 5.03. The van der Waals surface area contributed by atoms with Crippen molar-refractivity contribution >= 4 is 27.4 Å². The van der Waals surface area contributed by atoms with Crippen molar-refractivity contribution in [2.75, 3.05) is 31.2 Å². The zero-order valence-corrected chi connectivity index (χ0v) is 10.1. The second-order valence-electron chi connectivity index (χ2n) is 3.51. The summed E-state index contributed by atoms with van der Waals surface area (Å²) in [6.07, 6.45) is 3.33. The van der Waals surface area contributed by atoms with Crippen molar-refractivity contribution in [3.8, 4) is 0 Å². The maximum atomic E-state index is 5.32. The lowest BCUT2D eigenvalue weighted by Crippen LogP contribution is -2.37. The maximum absolute atomic E-state index is 5.32. The molecule has 0 radical (unpaired) electrons. The van der Waals surface area contributed by atoms with E-state index in [4.69, 9.17) is 4.74 Å². The fourth-order valence-corrected chi connectivity index (χ4v) is 2.13. The van der Waals surface area contributed by atoms with Crippen LogP contribution < -0.4 is 4.90 Å². The summed E-state index contributed by atoms with van der Waals surface area (Å²) < 4.78 is 7.80. The first-order valence-corrected chi connectivity index (χ1v) is 5.82. The van der Waals surface area contributed by atoms with E-state index in [2.05, 4.69) is 35.9 Å². The molecular weight excluding hydrogens is 274 g/mol. The zero-order valence-electron chi connectivity index (χ0n) is 8.51. The molecule has 1 fully saturated rings. The van der Waals surface area contributed by atoms with Gasteiger partial charge in [-0.2, -0.15) is 5.10 Å². The molecule has 0 atom stereocenters. The minimum absolute atomic E-state index is 0.731. The van der Waals surface area contributed by atoms with Crippen LogP contribution in [-0.2, 0) is 4.74 Å². The lowest BCUT2D eigenvalue weighted by atomic mass is 10.4. The van der Waals surface area contributed by atoms with Crippen molar-refractivity contribution < 1.29 is 4.74 Å². The van der Waals surface area contributed by atoms with Gasteiger partial charge in [0.05, 0.1) is 19.4 Å². The smallest absolute Gasteiger partial charge is 0.198 e. The molecule has 3 heterocycles. The van der Waals surface area contributed by atoms with E-state index in [0.29, 0.717) is 0 Å². The molecule has 0 spiro atoms. The number of rotatable bonds is 1. The molecule has 2 aromatic rings. The van der Waals surface area contributed by atoms with Crippen LogP contribution in [0.25, 0.3) is 5.65 Å². The van der Waals surface area contributed by atoms with Crippen LogP contribution >= 0.6 is 15.9 Å². The van der Waals surface area contributed by atoms with Crippen LogP contribution in [0.3, 0.4) is 0 Å². The van der Waals surface area contributed by atoms with Crippen LogP contribution in [0.4, 0.5) is 5.82 Å². The number of halogens is 1. The molecule has 0 N–H and O–H groups in total. The van der Waals surface area contributed by atoms with E-state index >= 15 is 0 Å². The Bertz CT molecular complexity index is 508. The van der Waals surface area contributed by atoms with E-state index in [1.807, 2.05) is 0 Å². The summed E-state index contributed by atoms with van der Waals surface area (Å²) in [5.41, 5.74) is 0.783. The summed E-state index contributed by atoms with van der Waals surface area (Å²) in [6, 6.07) is 0. The van der Waals surface area contributed by atoms with Crippen LogP contribution in [-0.4, -0.2) is 45.9 Å². The second kappa shape index (κ2) is 3.99. The highest BCUT2D eigenvalue weighted by atomic mass is 79.9. The lowest BCUT2D eigenvalue weighted by Gasteiger charge is -2.27. The van der Waals surface area contributed by atoms with E-state index in [0.717, 1.165) is 42.4 Å². The van der Waals surface area contributed by atoms with Crippen molar-refractivity contribution in [1.29, 1.82) is 0 Å². The lowest BCUT2D eigenvalue weighted by molar-refractivity contribution is 0.122. The first-order chi connectivity index (χ1) is 7.84. The highest BCUT2D eigenvalue weighted by molar-refractivity contribution is 9.10. The van der Waals surface area contributed by atoms with Crippen molar-refractivity contribution in [3.05, 3.63) is 17.1 Å². The largest absolute Gasteiger partial charge is 0.378 e. The Morgan fingerprint density at radius 2 is 2.12 bits per heavy atom. The highest BCUT2D eigenvalue weighted by Gasteiger charge is 2.17. The van der Waals surface area contributed by atoms with Gasteiger partial charge >= 0.3 is 0 Å². The molecule has 0 saturated carbocycles. The van der Waals surface area contributed by atoms with Crippen molar-refractivity contribution in [1.82, 2.24) is 19.6 Å². The Morgan fingerprint density at radius 3 is 2.94 bits per heavy atom. The van der Waals surface area contributed by atoms with Crippen molar-refractivity contribution in [3.63, 3.8) is 0 Å². The Morgan fingerprint density at radius 1 is 1.31 bits per heavy atom. The summed E-state index contributed by atoms with van der Waals surface area (Å²) >= 11 is 3.38. The van der Waals surface area contributed by atoms with Crippen LogP contribution in [0.5, 0.6) is 0 Å². The van der Waals surface area contributed by atoms with Gasteiger partial charge in [-0.05, 0) is 15.9 Å². The van der Waals surface area contributed by atoms with E-state index < -0.39 is 0 Å². The van der Waals surface area contributed by atoms with E-state index in [1.165, 1.54) is 6.33 Å². The predicted molar refractivity (Wildman–Crippen MR) is 61.5 cm³/mol. The third-order valence-corrected chi connectivity index (χ3v) is 2.91. The number of anilines is 1. The molecule has 0 aromatic carbocycles. The predicted octanol–water partition coefficient (Wildman–Crippen LogP) is 0.723. The molecule has 1 aliphatic rings. The van der Waals surface area contributed by atoms with Gasteiger partial charge in [-0.25, -0.2) is 14.5 Å². The molecule has 1 saturated heterocycles. The SMILES string of the molecule is Brc1cn2ncnc2c(N2CCOCC2)n1. The molecule has 0 aliphatic carbocycles. The van der Waals surface area contributed by atoms with E-state index in [1.54, 1.807) is 10.7 Å². The molecule has 2 aromatic heterocycles. The fraction of sp³-hybridized carbons (Fsp3) is 0.444. The second-order valence-corrected chi connectivity index (χ2v) is 4.33. The Labute approximate surface area is 100 Å². The number of fused-ring (bicyclic) bond motifs is 1. The number of nitrogens with zero attached hydrogens (tertiary/aromatic N) is 5. The number of morpholine rings is 1. The Kier molecular flexibility index (Phi) is 2.49. The summed E-state index contributed by atoms with van der Waals surface area (Å²) in [7, 11) is 0. The summed E-state index contributed by atoms with van der Waals surface area (Å²) in [5, 5.41) is 4.11. The topological polar surface area (TPSA) is 55.5 Å². The molecule has 6 nitrogen and oxygen atoms in total. The molecule has 0 unspecified atom stereocenters. The Hall–Kier alpha value is -1.21. The highest BCUT2D eigenvalue weighted by Crippen LogP contribution is 2.20. The van der Waals surface area contributed by atoms with Gasteiger partial charge in [0, 0.05) is 13.1 Å². The van der Waals surface area contributed by atoms with Gasteiger partial charge in [0.1, 0.15) is 10.9 Å². The monoisotopic (exact) mass is 283 g/mol. The third kappa shape index (κ3) is 1.65. The van der Waals surface area contributed by atoms with Crippen molar-refractivity contribution in [2.24, 2.45) is 0 Å². The number of hydrogen-bond donors (Lipinski definition) is 0. The van der Waals surface area contributed by atoms with Crippen LogP contribution in [0, 0.1) is 0 Å². The quantitative estimate of drug-likeness (QED) is 0.772. The van der Waals surface area contributed by atoms with E-state index in [9.17, 15) is 0 Å². The zero-order chi connectivity index (χ0) is 11.0. The summed E-state index contributed by atoms with van der Waals surface area (Å²) in [6.45, 7) is 3.14. The van der Waals surface area contributed by atoms with E-state index in [-0.39, 0.29) is 0 Å². The normalized spacial score (nSPS) is 16.9. The minimum Gasteiger partial charge on any atom is -0.378 e. The number of aromatic nitrogens is 4. The molecule has 1 aliphatic heterocycles. The van der Waals surface area contributed by atoms with Crippen LogP contribution in [0.2, 0.25) is 0 Å². The van der Waals surface area contributed by atoms with Gasteiger partial charge in [-0.1, -0.05) is 0 Å². The van der Waals surface area contributed by atoms with Gasteiger partial charge in [0.2, 0.25) is 0 Å².